The molecule has 1 aromatic carbocycles. The zero-order valence-corrected chi connectivity index (χ0v) is 13.8. The van der Waals surface area contributed by atoms with Gasteiger partial charge in [-0.1, -0.05) is 0 Å². The first-order valence-corrected chi connectivity index (χ1v) is 7.27. The highest BCUT2D eigenvalue weighted by Gasteiger charge is 2.18. The van der Waals surface area contributed by atoms with Crippen LogP contribution in [0, 0.1) is 0 Å². The van der Waals surface area contributed by atoms with Crippen LogP contribution in [0.2, 0.25) is 0 Å². The van der Waals surface area contributed by atoms with Gasteiger partial charge in [0, 0.05) is 12.1 Å². The lowest BCUT2D eigenvalue weighted by atomic mass is 10.1. The Bertz CT molecular complexity index is 638. The number of methoxy groups -OCH3 is 2. The van der Waals surface area contributed by atoms with E-state index < -0.39 is 0 Å². The van der Waals surface area contributed by atoms with Crippen LogP contribution >= 0.6 is 0 Å². The lowest BCUT2D eigenvalue weighted by Gasteiger charge is -2.22. The number of hydrogen-bond acceptors (Lipinski definition) is 5. The molecule has 124 valence electrons. The van der Waals surface area contributed by atoms with E-state index in [1.54, 1.807) is 38.7 Å². The van der Waals surface area contributed by atoms with Gasteiger partial charge in [0.1, 0.15) is 5.76 Å². The molecule has 0 radical (unpaired) electrons. The fourth-order valence-electron chi connectivity index (χ4n) is 2.29. The number of amides is 1. The molecule has 1 atom stereocenters. The Balaban J connectivity index is 2.06. The van der Waals surface area contributed by atoms with Gasteiger partial charge in [-0.3, -0.25) is 9.69 Å². The van der Waals surface area contributed by atoms with Gasteiger partial charge in [0.25, 0.3) is 5.91 Å². The van der Waals surface area contributed by atoms with Crippen LogP contribution in [0.4, 0.5) is 0 Å². The van der Waals surface area contributed by atoms with Crippen LogP contribution in [0.5, 0.6) is 11.5 Å². The highest BCUT2D eigenvalue weighted by Crippen LogP contribution is 2.27. The number of hydrogen-bond donors (Lipinski definition) is 1. The van der Waals surface area contributed by atoms with Crippen molar-refractivity contribution in [1.82, 2.24) is 10.2 Å². The fraction of sp³-hybridized carbons (Fsp3) is 0.353. The summed E-state index contributed by atoms with van der Waals surface area (Å²) in [5.74, 6) is 1.74. The van der Waals surface area contributed by atoms with E-state index in [9.17, 15) is 4.79 Å². The second-order valence-electron chi connectivity index (χ2n) is 5.27. The zero-order valence-electron chi connectivity index (χ0n) is 13.8. The number of ether oxygens (including phenoxy) is 2. The van der Waals surface area contributed by atoms with Crippen molar-refractivity contribution in [3.05, 3.63) is 47.9 Å². The Labute approximate surface area is 136 Å². The van der Waals surface area contributed by atoms with Crippen LogP contribution in [0.25, 0.3) is 0 Å². The minimum absolute atomic E-state index is 0.0332. The molecule has 2 rings (SSSR count). The van der Waals surface area contributed by atoms with Gasteiger partial charge in [-0.25, -0.2) is 0 Å². The Hall–Kier alpha value is -2.47. The molecule has 0 bridgehead atoms. The topological polar surface area (TPSA) is 63.9 Å². The predicted octanol–water partition coefficient (Wildman–Crippen LogP) is 2.33. The smallest absolute Gasteiger partial charge is 0.251 e. The van der Waals surface area contributed by atoms with Crippen molar-refractivity contribution in [1.29, 1.82) is 0 Å². The number of nitrogens with zero attached hydrogens (tertiary/aromatic N) is 1. The summed E-state index contributed by atoms with van der Waals surface area (Å²) in [6, 6.07) is 8.77. The van der Waals surface area contributed by atoms with Gasteiger partial charge in [-0.2, -0.15) is 0 Å². The van der Waals surface area contributed by atoms with Crippen molar-refractivity contribution in [3.63, 3.8) is 0 Å². The second-order valence-corrected chi connectivity index (χ2v) is 5.27. The summed E-state index contributed by atoms with van der Waals surface area (Å²) in [4.78, 5) is 14.3. The summed E-state index contributed by atoms with van der Waals surface area (Å²) in [5.41, 5.74) is 0.514. The molecule has 0 fully saturated rings. The third-order valence-corrected chi connectivity index (χ3v) is 3.60. The van der Waals surface area contributed by atoms with Crippen molar-refractivity contribution in [2.45, 2.75) is 6.04 Å². The number of benzene rings is 1. The molecule has 0 saturated carbocycles. The van der Waals surface area contributed by atoms with E-state index in [0.29, 0.717) is 23.6 Å². The SMILES string of the molecule is COc1ccc(C(=O)NCC(c2ccco2)N(C)C)cc1OC. The first-order valence-electron chi connectivity index (χ1n) is 7.27. The molecule has 1 heterocycles. The van der Waals surface area contributed by atoms with E-state index >= 15 is 0 Å². The Kier molecular flexibility index (Phi) is 5.65. The van der Waals surface area contributed by atoms with Crippen LogP contribution in [0.1, 0.15) is 22.2 Å². The molecule has 0 aliphatic heterocycles. The van der Waals surface area contributed by atoms with Gasteiger partial charge in [0.15, 0.2) is 11.5 Å². The molecular weight excluding hydrogens is 296 g/mol. The molecule has 1 N–H and O–H groups in total. The second kappa shape index (κ2) is 7.69. The number of likely N-dealkylation sites (N-methyl/N-ethyl adjacent to an activating group) is 1. The molecular formula is C17H22N2O4. The van der Waals surface area contributed by atoms with E-state index in [1.807, 2.05) is 31.1 Å². The minimum Gasteiger partial charge on any atom is -0.493 e. The standard InChI is InChI=1S/C17H22N2O4/c1-19(2)13(14-6-5-9-23-14)11-18-17(20)12-7-8-15(21-3)16(10-12)22-4/h5-10,13H,11H2,1-4H3,(H,18,20). The molecule has 1 unspecified atom stereocenters. The molecule has 6 nitrogen and oxygen atoms in total. The van der Waals surface area contributed by atoms with Crippen molar-refractivity contribution in [3.8, 4) is 11.5 Å². The van der Waals surface area contributed by atoms with Crippen LogP contribution in [-0.2, 0) is 0 Å². The van der Waals surface area contributed by atoms with Crippen LogP contribution in [-0.4, -0.2) is 45.7 Å². The van der Waals surface area contributed by atoms with E-state index in [0.717, 1.165) is 5.76 Å². The molecule has 6 heteroatoms. The van der Waals surface area contributed by atoms with Crippen LogP contribution in [0.3, 0.4) is 0 Å². The molecule has 0 spiro atoms. The first-order chi connectivity index (χ1) is 11.1. The summed E-state index contributed by atoms with van der Waals surface area (Å²) >= 11 is 0. The van der Waals surface area contributed by atoms with Crippen molar-refractivity contribution < 1.29 is 18.7 Å². The van der Waals surface area contributed by atoms with E-state index in [-0.39, 0.29) is 11.9 Å². The molecule has 0 aliphatic carbocycles. The highest BCUT2D eigenvalue weighted by molar-refractivity contribution is 5.94. The van der Waals surface area contributed by atoms with Gasteiger partial charge in [0.05, 0.1) is 26.5 Å². The molecule has 2 aromatic rings. The third kappa shape index (κ3) is 4.04. The van der Waals surface area contributed by atoms with E-state index in [1.165, 1.54) is 0 Å². The Morgan fingerprint density at radius 3 is 2.52 bits per heavy atom. The number of furan rings is 1. The first kappa shape index (κ1) is 16.9. The zero-order chi connectivity index (χ0) is 16.8. The number of rotatable bonds is 7. The van der Waals surface area contributed by atoms with E-state index in [4.69, 9.17) is 13.9 Å². The molecule has 1 aromatic heterocycles. The van der Waals surface area contributed by atoms with Gasteiger partial charge < -0.3 is 19.2 Å². The normalized spacial score (nSPS) is 12.0. The summed E-state index contributed by atoms with van der Waals surface area (Å²) in [6.45, 7) is 0.438. The van der Waals surface area contributed by atoms with Crippen LogP contribution < -0.4 is 14.8 Å². The maximum Gasteiger partial charge on any atom is 0.251 e. The van der Waals surface area contributed by atoms with Gasteiger partial charge >= 0.3 is 0 Å². The lowest BCUT2D eigenvalue weighted by molar-refractivity contribution is 0.0938. The summed E-state index contributed by atoms with van der Waals surface area (Å²) in [6.07, 6.45) is 1.63. The third-order valence-electron chi connectivity index (χ3n) is 3.60. The van der Waals surface area contributed by atoms with Gasteiger partial charge in [-0.05, 0) is 44.4 Å². The summed E-state index contributed by atoms with van der Waals surface area (Å²) in [7, 11) is 6.98. The quantitative estimate of drug-likeness (QED) is 0.849. The Morgan fingerprint density at radius 1 is 1.22 bits per heavy atom. The van der Waals surface area contributed by atoms with Crippen molar-refractivity contribution in [2.75, 3.05) is 34.9 Å². The average Bonchev–Trinajstić information content (AvgIpc) is 3.08. The summed E-state index contributed by atoms with van der Waals surface area (Å²) in [5, 5.41) is 2.92. The maximum absolute atomic E-state index is 12.4. The molecule has 0 aliphatic rings. The number of carbonyl (C=O) groups is 1. The largest absolute Gasteiger partial charge is 0.493 e. The molecule has 1 amide bonds. The van der Waals surface area contributed by atoms with Crippen LogP contribution in [0.15, 0.2) is 41.0 Å². The van der Waals surface area contributed by atoms with Crippen molar-refractivity contribution >= 4 is 5.91 Å². The Morgan fingerprint density at radius 2 is 1.96 bits per heavy atom. The molecule has 0 saturated heterocycles. The average molecular weight is 318 g/mol. The number of carbonyl (C=O) groups excluding carboxylic acids is 1. The molecule has 23 heavy (non-hydrogen) atoms. The van der Waals surface area contributed by atoms with Gasteiger partial charge in [-0.15, -0.1) is 0 Å². The monoisotopic (exact) mass is 318 g/mol. The van der Waals surface area contributed by atoms with E-state index in [2.05, 4.69) is 5.32 Å². The predicted molar refractivity (Wildman–Crippen MR) is 87.0 cm³/mol. The fourth-order valence-corrected chi connectivity index (χ4v) is 2.29. The lowest BCUT2D eigenvalue weighted by Crippen LogP contribution is -2.34. The number of nitrogens with one attached hydrogen (secondary N) is 1. The summed E-state index contributed by atoms with van der Waals surface area (Å²) < 4.78 is 15.8. The highest BCUT2D eigenvalue weighted by atomic mass is 16.5. The maximum atomic E-state index is 12.4. The van der Waals surface area contributed by atoms with Gasteiger partial charge in [0.2, 0.25) is 0 Å². The minimum atomic E-state index is -0.177. The van der Waals surface area contributed by atoms with Crippen molar-refractivity contribution in [2.24, 2.45) is 0 Å².